The summed E-state index contributed by atoms with van der Waals surface area (Å²) in [6, 6.07) is 6.31. The fourth-order valence-corrected chi connectivity index (χ4v) is 1.26. The molecule has 0 bridgehead atoms. The Balaban J connectivity index is 0.00000324. The lowest BCUT2D eigenvalue weighted by molar-refractivity contribution is 0.0503. The van der Waals surface area contributed by atoms with Crippen molar-refractivity contribution in [2.45, 2.75) is 0 Å². The summed E-state index contributed by atoms with van der Waals surface area (Å²) in [7, 11) is 0. The number of carbonyl (C=O) groups is 2. The Morgan fingerprint density at radius 1 is 0.947 bits per heavy atom. The van der Waals surface area contributed by atoms with E-state index in [0.29, 0.717) is 0 Å². The van der Waals surface area contributed by atoms with Crippen molar-refractivity contribution < 1.29 is 19.1 Å². The van der Waals surface area contributed by atoms with E-state index >= 15 is 0 Å². The van der Waals surface area contributed by atoms with Gasteiger partial charge in [-0.3, -0.25) is 0 Å². The second-order valence-corrected chi connectivity index (χ2v) is 3.32. The molecule has 0 spiro atoms. The van der Waals surface area contributed by atoms with E-state index in [9.17, 15) is 9.59 Å². The molecule has 1 aromatic rings. The number of carbonyl (C=O) groups excluding carboxylic acids is 2. The number of hydrogen-bond donors (Lipinski definition) is 0. The van der Waals surface area contributed by atoms with Gasteiger partial charge in [0, 0.05) is 0 Å². The topological polar surface area (TPSA) is 52.6 Å². The van der Waals surface area contributed by atoms with Gasteiger partial charge in [-0.25, -0.2) is 9.59 Å². The van der Waals surface area contributed by atoms with Crippen LogP contribution in [-0.4, -0.2) is 25.2 Å². The average molecular weight is 280 g/mol. The molecular formula is C14H17O4P. The highest BCUT2D eigenvalue weighted by atomic mass is 31.0. The standard InChI is InChI=1S/C14H14O4.H3P/c1-3-9-17-13(15)11-7-5-6-8-12(11)14(16)18-10-4-2;/h3-8H,1-2,9-10H2;1H3. The number of hydrogen-bond acceptors (Lipinski definition) is 4. The molecule has 0 heterocycles. The summed E-state index contributed by atoms with van der Waals surface area (Å²) >= 11 is 0. The molecule has 0 aromatic heterocycles. The Hall–Kier alpha value is -1.93. The zero-order chi connectivity index (χ0) is 13.4. The molecule has 0 aliphatic heterocycles. The largest absolute Gasteiger partial charge is 0.458 e. The maximum absolute atomic E-state index is 11.7. The summed E-state index contributed by atoms with van der Waals surface area (Å²) in [6.45, 7) is 7.07. The lowest BCUT2D eigenvalue weighted by atomic mass is 10.1. The van der Waals surface area contributed by atoms with Gasteiger partial charge in [0.15, 0.2) is 0 Å². The molecule has 1 unspecified atom stereocenters. The zero-order valence-electron chi connectivity index (χ0n) is 10.6. The first-order valence-electron chi connectivity index (χ1n) is 5.35. The van der Waals surface area contributed by atoms with Gasteiger partial charge in [-0.05, 0) is 12.1 Å². The molecule has 5 heteroatoms. The summed E-state index contributed by atoms with van der Waals surface area (Å²) in [6.07, 6.45) is 2.91. The molecule has 19 heavy (non-hydrogen) atoms. The van der Waals surface area contributed by atoms with Crippen molar-refractivity contribution >= 4 is 21.8 Å². The van der Waals surface area contributed by atoms with Crippen molar-refractivity contribution in [3.8, 4) is 0 Å². The molecule has 0 amide bonds. The zero-order valence-corrected chi connectivity index (χ0v) is 12.0. The Bertz CT molecular complexity index is 425. The van der Waals surface area contributed by atoms with Crippen LogP contribution in [-0.2, 0) is 9.47 Å². The molecule has 1 atom stereocenters. The molecule has 102 valence electrons. The summed E-state index contributed by atoms with van der Waals surface area (Å²) in [4.78, 5) is 23.4. The van der Waals surface area contributed by atoms with Crippen molar-refractivity contribution in [3.05, 3.63) is 60.7 Å². The molecule has 0 aliphatic rings. The predicted molar refractivity (Wildman–Crippen MR) is 78.5 cm³/mol. The summed E-state index contributed by atoms with van der Waals surface area (Å²) in [5.74, 6) is -1.16. The van der Waals surface area contributed by atoms with E-state index in [1.807, 2.05) is 0 Å². The smallest absolute Gasteiger partial charge is 0.339 e. The van der Waals surface area contributed by atoms with Gasteiger partial charge in [0.25, 0.3) is 0 Å². The van der Waals surface area contributed by atoms with Gasteiger partial charge in [-0.2, -0.15) is 9.90 Å². The van der Waals surface area contributed by atoms with Crippen molar-refractivity contribution in [3.63, 3.8) is 0 Å². The maximum atomic E-state index is 11.7. The van der Waals surface area contributed by atoms with Gasteiger partial charge in [0.2, 0.25) is 0 Å². The SMILES string of the molecule is C=CCOC(=O)c1ccccc1C(=O)OCC=C.P. The third-order valence-electron chi connectivity index (χ3n) is 2.03. The first-order chi connectivity index (χ1) is 8.70. The molecule has 0 aliphatic carbocycles. The highest BCUT2D eigenvalue weighted by Crippen LogP contribution is 2.12. The normalized spacial score (nSPS) is 8.84. The van der Waals surface area contributed by atoms with Crippen LogP contribution in [0.3, 0.4) is 0 Å². The van der Waals surface area contributed by atoms with Gasteiger partial charge >= 0.3 is 11.9 Å². The van der Waals surface area contributed by atoms with Crippen LogP contribution in [0.25, 0.3) is 0 Å². The molecular weight excluding hydrogens is 263 g/mol. The van der Waals surface area contributed by atoms with Crippen LogP contribution in [0.15, 0.2) is 49.6 Å². The Morgan fingerprint density at radius 2 is 1.32 bits per heavy atom. The molecule has 1 aromatic carbocycles. The lowest BCUT2D eigenvalue weighted by Gasteiger charge is -2.07. The Kier molecular flexibility index (Phi) is 8.14. The fraction of sp³-hybridized carbons (Fsp3) is 0.143. The quantitative estimate of drug-likeness (QED) is 0.456. The van der Waals surface area contributed by atoms with Crippen molar-refractivity contribution in [2.75, 3.05) is 13.2 Å². The summed E-state index contributed by atoms with van der Waals surface area (Å²) < 4.78 is 9.78. The summed E-state index contributed by atoms with van der Waals surface area (Å²) in [5, 5.41) is 0. The second kappa shape index (κ2) is 9.06. The molecule has 4 nitrogen and oxygen atoms in total. The number of esters is 2. The van der Waals surface area contributed by atoms with E-state index in [2.05, 4.69) is 13.2 Å². The van der Waals surface area contributed by atoms with E-state index in [-0.39, 0.29) is 34.2 Å². The van der Waals surface area contributed by atoms with Gasteiger partial charge in [-0.15, -0.1) is 0 Å². The third kappa shape index (κ3) is 5.06. The van der Waals surface area contributed by atoms with Crippen LogP contribution in [0.5, 0.6) is 0 Å². The van der Waals surface area contributed by atoms with E-state index in [1.165, 1.54) is 24.3 Å². The Labute approximate surface area is 115 Å². The number of rotatable bonds is 6. The first kappa shape index (κ1) is 17.1. The van der Waals surface area contributed by atoms with Gasteiger partial charge in [-0.1, -0.05) is 37.4 Å². The van der Waals surface area contributed by atoms with Crippen molar-refractivity contribution in [2.24, 2.45) is 0 Å². The molecule has 0 fully saturated rings. The minimum absolute atomic E-state index is 0. The van der Waals surface area contributed by atoms with E-state index in [1.54, 1.807) is 12.1 Å². The maximum Gasteiger partial charge on any atom is 0.339 e. The highest BCUT2D eigenvalue weighted by molar-refractivity contribution is 6.92. The van der Waals surface area contributed by atoms with Gasteiger partial charge in [0.05, 0.1) is 11.1 Å². The van der Waals surface area contributed by atoms with Crippen LogP contribution < -0.4 is 0 Å². The van der Waals surface area contributed by atoms with Crippen molar-refractivity contribution in [1.82, 2.24) is 0 Å². The predicted octanol–water partition coefficient (Wildman–Crippen LogP) is 2.43. The minimum Gasteiger partial charge on any atom is -0.458 e. The number of benzene rings is 1. The molecule has 0 N–H and O–H groups in total. The van der Waals surface area contributed by atoms with E-state index in [0.717, 1.165) is 0 Å². The second-order valence-electron chi connectivity index (χ2n) is 3.32. The van der Waals surface area contributed by atoms with Crippen LogP contribution in [0, 0.1) is 0 Å². The molecule has 0 saturated heterocycles. The van der Waals surface area contributed by atoms with Crippen LogP contribution in [0.2, 0.25) is 0 Å². The lowest BCUT2D eigenvalue weighted by Crippen LogP contribution is -2.14. The molecule has 0 saturated carbocycles. The average Bonchev–Trinajstić information content (AvgIpc) is 2.42. The highest BCUT2D eigenvalue weighted by Gasteiger charge is 2.18. The van der Waals surface area contributed by atoms with Gasteiger partial charge in [0.1, 0.15) is 13.2 Å². The van der Waals surface area contributed by atoms with E-state index < -0.39 is 11.9 Å². The monoisotopic (exact) mass is 280 g/mol. The van der Waals surface area contributed by atoms with Crippen molar-refractivity contribution in [1.29, 1.82) is 0 Å². The fourth-order valence-electron chi connectivity index (χ4n) is 1.26. The van der Waals surface area contributed by atoms with Crippen LogP contribution in [0.1, 0.15) is 20.7 Å². The Morgan fingerprint density at radius 3 is 1.63 bits per heavy atom. The first-order valence-corrected chi connectivity index (χ1v) is 5.35. The van der Waals surface area contributed by atoms with Crippen LogP contribution >= 0.6 is 9.90 Å². The van der Waals surface area contributed by atoms with Gasteiger partial charge < -0.3 is 9.47 Å². The molecule has 0 radical (unpaired) electrons. The van der Waals surface area contributed by atoms with Crippen LogP contribution in [0.4, 0.5) is 0 Å². The summed E-state index contributed by atoms with van der Waals surface area (Å²) in [5.41, 5.74) is 0.349. The minimum atomic E-state index is -0.582. The molecule has 1 rings (SSSR count). The third-order valence-corrected chi connectivity index (χ3v) is 2.03. The van der Waals surface area contributed by atoms with E-state index in [4.69, 9.17) is 9.47 Å². The number of ether oxygens (including phenoxy) is 2.